The second kappa shape index (κ2) is 12.8. The number of amides is 3. The molecule has 12 nitrogen and oxygen atoms in total. The number of benzene rings is 2. The van der Waals surface area contributed by atoms with Crippen LogP contribution in [-0.4, -0.2) is 92.2 Å². The van der Waals surface area contributed by atoms with Crippen LogP contribution in [0.2, 0.25) is 0 Å². The van der Waals surface area contributed by atoms with Crippen LogP contribution in [0.3, 0.4) is 0 Å². The first kappa shape index (κ1) is 30.0. The van der Waals surface area contributed by atoms with Crippen molar-refractivity contribution in [2.75, 3.05) is 47.2 Å². The van der Waals surface area contributed by atoms with Crippen LogP contribution in [0.1, 0.15) is 43.4 Å². The first-order valence-corrected chi connectivity index (χ1v) is 14.3. The van der Waals surface area contributed by atoms with Crippen molar-refractivity contribution in [3.8, 4) is 11.5 Å². The largest absolute Gasteiger partial charge is 0.468 e. The molecule has 228 valence electrons. The minimum Gasteiger partial charge on any atom is -0.468 e. The number of urea groups is 1. The fourth-order valence-electron chi connectivity index (χ4n) is 6.28. The number of esters is 2. The van der Waals surface area contributed by atoms with Gasteiger partial charge in [0, 0.05) is 12.3 Å². The van der Waals surface area contributed by atoms with Crippen molar-refractivity contribution >= 4 is 30.1 Å². The summed E-state index contributed by atoms with van der Waals surface area (Å²) in [5.41, 5.74) is 1.12. The fourth-order valence-corrected chi connectivity index (χ4v) is 6.28. The molecule has 3 aliphatic heterocycles. The zero-order valence-electron chi connectivity index (χ0n) is 24.6. The van der Waals surface area contributed by atoms with Crippen LogP contribution >= 0.6 is 0 Å². The van der Waals surface area contributed by atoms with E-state index >= 15 is 0 Å². The normalized spacial score (nSPS) is 21.1. The molecule has 3 amide bonds. The maximum Gasteiger partial charge on any atom is 0.362 e. The molecule has 3 aliphatic rings. The maximum absolute atomic E-state index is 13.3. The molecule has 3 heterocycles. The number of nitrogens with zero attached hydrogens (tertiary/aromatic N) is 4. The summed E-state index contributed by atoms with van der Waals surface area (Å²) in [6, 6.07) is 13.3. The SMILES string of the molecule is COC(=O)C1C(C)=NC(=O)N(N(C=O)CCCN2CCC(C(=O)OC)(c3ccccc3)CC2)C1c1ccc2c(c1)OCO2. The highest BCUT2D eigenvalue weighted by Gasteiger charge is 2.46. The van der Waals surface area contributed by atoms with Crippen molar-refractivity contribution in [1.29, 1.82) is 0 Å². The summed E-state index contributed by atoms with van der Waals surface area (Å²) in [5, 5.41) is 2.50. The molecule has 0 aromatic heterocycles. The van der Waals surface area contributed by atoms with Gasteiger partial charge >= 0.3 is 18.0 Å². The van der Waals surface area contributed by atoms with Gasteiger partial charge in [-0.25, -0.2) is 14.8 Å². The van der Waals surface area contributed by atoms with Crippen LogP contribution in [-0.2, 0) is 29.3 Å². The zero-order chi connectivity index (χ0) is 30.6. The summed E-state index contributed by atoms with van der Waals surface area (Å²) in [5.74, 6) is -0.713. The molecule has 0 spiro atoms. The molecule has 0 N–H and O–H groups in total. The molecule has 43 heavy (non-hydrogen) atoms. The van der Waals surface area contributed by atoms with Crippen LogP contribution in [0.15, 0.2) is 53.5 Å². The van der Waals surface area contributed by atoms with Crippen LogP contribution < -0.4 is 9.47 Å². The van der Waals surface area contributed by atoms with E-state index in [1.54, 1.807) is 25.1 Å². The first-order chi connectivity index (χ1) is 20.8. The summed E-state index contributed by atoms with van der Waals surface area (Å²) in [6.07, 6.45) is 2.33. The smallest absolute Gasteiger partial charge is 0.362 e. The number of carbonyl (C=O) groups excluding carboxylic acids is 4. The second-order valence-corrected chi connectivity index (χ2v) is 10.8. The van der Waals surface area contributed by atoms with Crippen molar-refractivity contribution in [3.63, 3.8) is 0 Å². The molecule has 1 saturated heterocycles. The molecule has 5 rings (SSSR count). The molecule has 1 fully saturated rings. The predicted molar refractivity (Wildman–Crippen MR) is 154 cm³/mol. The van der Waals surface area contributed by atoms with Gasteiger partial charge < -0.3 is 23.8 Å². The van der Waals surface area contributed by atoms with Crippen molar-refractivity contribution in [3.05, 3.63) is 59.7 Å². The van der Waals surface area contributed by atoms with Crippen molar-refractivity contribution in [1.82, 2.24) is 14.9 Å². The maximum atomic E-state index is 13.3. The molecule has 2 atom stereocenters. The van der Waals surface area contributed by atoms with Crippen molar-refractivity contribution < 1.29 is 38.1 Å². The Morgan fingerprint density at radius 2 is 1.79 bits per heavy atom. The standard InChI is InChI=1S/C31H36N4O8/c1-21-26(28(37)40-2)27(22-10-11-24-25(18-22)43-20-42-24)35(30(39)32-21)34(19-36)15-7-14-33-16-12-31(13-17-33,29(38)41-3)23-8-5-4-6-9-23/h4-6,8-11,18-19,26-27H,7,12-17,20H2,1-3H3. The van der Waals surface area contributed by atoms with E-state index in [2.05, 4.69) is 9.89 Å². The average molecular weight is 593 g/mol. The van der Waals surface area contributed by atoms with Gasteiger partial charge in [0.05, 0.1) is 25.7 Å². The van der Waals surface area contributed by atoms with E-state index < -0.39 is 29.4 Å². The Labute approximate surface area is 250 Å². The van der Waals surface area contributed by atoms with Crippen LogP contribution in [0.25, 0.3) is 0 Å². The van der Waals surface area contributed by atoms with Gasteiger partial charge in [0.2, 0.25) is 13.2 Å². The number of piperidine rings is 1. The lowest BCUT2D eigenvalue weighted by Gasteiger charge is -2.43. The molecule has 2 aromatic carbocycles. The van der Waals surface area contributed by atoms with E-state index in [9.17, 15) is 19.2 Å². The quantitative estimate of drug-likeness (QED) is 0.302. The van der Waals surface area contributed by atoms with Gasteiger partial charge in [-0.15, -0.1) is 0 Å². The molecule has 0 bridgehead atoms. The van der Waals surface area contributed by atoms with E-state index in [0.717, 1.165) is 5.56 Å². The number of hydrogen-bond acceptors (Lipinski definition) is 9. The molecule has 2 unspecified atom stereocenters. The molecular formula is C31H36N4O8. The van der Waals surface area contributed by atoms with Gasteiger partial charge in [-0.3, -0.25) is 19.4 Å². The number of carbonyl (C=O) groups is 4. The Bertz CT molecular complexity index is 1390. The number of ether oxygens (including phenoxy) is 4. The van der Waals surface area contributed by atoms with Gasteiger partial charge in [0.1, 0.15) is 5.92 Å². The zero-order valence-corrected chi connectivity index (χ0v) is 24.6. The minimum atomic E-state index is -0.933. The lowest BCUT2D eigenvalue weighted by molar-refractivity contribution is -0.150. The molecular weight excluding hydrogens is 556 g/mol. The molecule has 0 radical (unpaired) electrons. The van der Waals surface area contributed by atoms with Gasteiger partial charge in [-0.05, 0) is 69.1 Å². The van der Waals surface area contributed by atoms with E-state index in [1.165, 1.54) is 24.2 Å². The third-order valence-electron chi connectivity index (χ3n) is 8.56. The highest BCUT2D eigenvalue weighted by Crippen LogP contribution is 2.41. The van der Waals surface area contributed by atoms with Crippen LogP contribution in [0, 0.1) is 5.92 Å². The highest BCUT2D eigenvalue weighted by atomic mass is 16.7. The third-order valence-corrected chi connectivity index (χ3v) is 8.56. The Morgan fingerprint density at radius 3 is 2.47 bits per heavy atom. The van der Waals surface area contributed by atoms with Gasteiger partial charge in [0.15, 0.2) is 11.5 Å². The lowest BCUT2D eigenvalue weighted by Crippen LogP contribution is -2.55. The van der Waals surface area contributed by atoms with Crippen molar-refractivity contribution in [2.45, 2.75) is 37.6 Å². The lowest BCUT2D eigenvalue weighted by atomic mass is 9.72. The number of fused-ring (bicyclic) bond motifs is 1. The number of hydrazine groups is 1. The van der Waals surface area contributed by atoms with Crippen LogP contribution in [0.5, 0.6) is 11.5 Å². The number of likely N-dealkylation sites (tertiary alicyclic amines) is 1. The topological polar surface area (TPSA) is 127 Å². The van der Waals surface area contributed by atoms with Gasteiger partial charge in [0.25, 0.3) is 0 Å². The van der Waals surface area contributed by atoms with Crippen molar-refractivity contribution in [2.24, 2.45) is 10.9 Å². The molecule has 0 aliphatic carbocycles. The number of hydrogen-bond donors (Lipinski definition) is 0. The van der Waals surface area contributed by atoms with Gasteiger partial charge in [-0.2, -0.15) is 0 Å². The first-order valence-electron chi connectivity index (χ1n) is 14.3. The van der Waals surface area contributed by atoms with E-state index in [0.29, 0.717) is 68.1 Å². The summed E-state index contributed by atoms with van der Waals surface area (Å²) in [7, 11) is 2.69. The third kappa shape index (κ3) is 5.79. The van der Waals surface area contributed by atoms with E-state index in [4.69, 9.17) is 18.9 Å². The van der Waals surface area contributed by atoms with Crippen LogP contribution in [0.4, 0.5) is 4.79 Å². The fraction of sp³-hybridized carbons (Fsp3) is 0.452. The van der Waals surface area contributed by atoms with E-state index in [-0.39, 0.29) is 19.3 Å². The second-order valence-electron chi connectivity index (χ2n) is 10.8. The number of aliphatic imine (C=N–C) groups is 1. The number of rotatable bonds is 10. The summed E-state index contributed by atoms with van der Waals surface area (Å²) >= 11 is 0. The highest BCUT2D eigenvalue weighted by molar-refractivity contribution is 6.08. The number of methoxy groups -OCH3 is 2. The molecule has 2 aromatic rings. The van der Waals surface area contributed by atoms with Gasteiger partial charge in [-0.1, -0.05) is 36.4 Å². The Hall–Kier alpha value is -4.45. The Morgan fingerprint density at radius 1 is 1.07 bits per heavy atom. The molecule has 0 saturated carbocycles. The molecule has 12 heteroatoms. The average Bonchev–Trinajstić information content (AvgIpc) is 3.51. The Balaban J connectivity index is 1.31. The van der Waals surface area contributed by atoms with E-state index in [1.807, 2.05) is 30.3 Å². The monoisotopic (exact) mass is 592 g/mol. The minimum absolute atomic E-state index is 0.0656. The summed E-state index contributed by atoms with van der Waals surface area (Å²) < 4.78 is 21.2. The summed E-state index contributed by atoms with van der Waals surface area (Å²) in [4.78, 5) is 57.9. The Kier molecular flexibility index (Phi) is 8.95. The summed E-state index contributed by atoms with van der Waals surface area (Å²) in [6.45, 7) is 3.84. The predicted octanol–water partition coefficient (Wildman–Crippen LogP) is 3.11.